The van der Waals surface area contributed by atoms with Gasteiger partial charge < -0.3 is 8.83 Å². The number of rotatable bonds is 10. The minimum absolute atomic E-state index is 0.473. The van der Waals surface area contributed by atoms with Crippen LogP contribution in [0.5, 0.6) is 0 Å². The average molecular weight is 975 g/mol. The quantitative estimate of drug-likeness (QED) is 0.133. The van der Waals surface area contributed by atoms with Gasteiger partial charge in [-0.25, -0.2) is 9.97 Å². The van der Waals surface area contributed by atoms with Gasteiger partial charge in [0.2, 0.25) is 23.6 Å². The Kier molecular flexibility index (Phi) is 11.0. The first kappa shape index (κ1) is 44.3. The molecule has 0 saturated heterocycles. The van der Waals surface area contributed by atoms with E-state index >= 15 is 0 Å². The van der Waals surface area contributed by atoms with Crippen LogP contribution in [-0.2, 0) is 0 Å². The normalized spacial score (nSPS) is 11.4. The molecule has 3 aromatic heterocycles. The van der Waals surface area contributed by atoms with Crippen molar-refractivity contribution in [3.8, 4) is 113 Å². The third-order valence-electron chi connectivity index (χ3n) is 14.1. The lowest BCUT2D eigenvalue weighted by Crippen LogP contribution is -1.97. The molecule has 0 spiro atoms. The molecule has 76 heavy (non-hydrogen) atoms. The fourth-order valence-electron chi connectivity index (χ4n) is 10.0. The smallest absolute Gasteiger partial charge is 0.248 e. The van der Waals surface area contributed by atoms with Crippen molar-refractivity contribution in [3.05, 3.63) is 255 Å². The molecular weight excluding hydrogens is 933 g/mol. The first-order valence-corrected chi connectivity index (χ1v) is 25.1. The SMILES string of the molecule is c1ccc(-c2nnc(-c3ccc(-c4ccc(-c5nc6cc(-c7ccc8ccccc8c7)c(-c7ccc8ccccc8c7)cc6nc5-c5ccc(-c6ccc(-c7nnc(-c8ccccc8)o7)cc6)cc5)cc4)cc3)o2)cc1. The fourth-order valence-corrected chi connectivity index (χ4v) is 10.0. The van der Waals surface area contributed by atoms with Crippen molar-refractivity contribution in [1.82, 2.24) is 30.4 Å². The number of benzene rings is 11. The van der Waals surface area contributed by atoms with E-state index in [1.54, 1.807) is 0 Å². The summed E-state index contributed by atoms with van der Waals surface area (Å²) in [5.41, 5.74) is 17.2. The Balaban J connectivity index is 0.852. The van der Waals surface area contributed by atoms with Crippen molar-refractivity contribution in [1.29, 1.82) is 0 Å². The second-order valence-corrected chi connectivity index (χ2v) is 18.8. The molecule has 0 aliphatic carbocycles. The van der Waals surface area contributed by atoms with E-state index in [2.05, 4.69) is 190 Å². The molecule has 0 saturated carbocycles. The van der Waals surface area contributed by atoms with Gasteiger partial charge in [0.15, 0.2) is 0 Å². The van der Waals surface area contributed by atoms with Crippen LogP contribution >= 0.6 is 0 Å². The monoisotopic (exact) mass is 974 g/mol. The molecule has 356 valence electrons. The Bertz CT molecular complexity index is 4130. The van der Waals surface area contributed by atoms with E-state index in [4.69, 9.17) is 18.8 Å². The standard InChI is InChI=1S/C68H42N6O2/c1-3-13-51(14-4-1)65-71-73-67(75-65)53-33-23-47(24-34-53)45-19-29-49(30-20-45)63-64(50-31-21-46(22-32-50)48-25-35-54(36-26-48)68-74-72-66(76-68)52-15-5-2-6-16-52)70-62-42-60(58-38-28-44-12-8-10-18-56(44)40-58)59(41-61(62)69-63)57-37-27-43-11-7-9-17-55(43)39-57/h1-42H. The topological polar surface area (TPSA) is 104 Å². The third kappa shape index (κ3) is 8.45. The fraction of sp³-hybridized carbons (Fsp3) is 0. The molecule has 14 rings (SSSR count). The van der Waals surface area contributed by atoms with Crippen molar-refractivity contribution >= 4 is 32.6 Å². The predicted molar refractivity (Wildman–Crippen MR) is 305 cm³/mol. The molecule has 8 heteroatoms. The highest BCUT2D eigenvalue weighted by atomic mass is 16.4. The van der Waals surface area contributed by atoms with E-state index in [9.17, 15) is 0 Å². The minimum atomic E-state index is 0.473. The minimum Gasteiger partial charge on any atom is -0.416 e. The van der Waals surface area contributed by atoms with Crippen LogP contribution in [0.4, 0.5) is 0 Å². The van der Waals surface area contributed by atoms with Crippen LogP contribution in [0, 0.1) is 0 Å². The largest absolute Gasteiger partial charge is 0.416 e. The molecule has 3 heterocycles. The molecule has 0 fully saturated rings. The summed E-state index contributed by atoms with van der Waals surface area (Å²) in [6.45, 7) is 0. The Labute approximate surface area is 437 Å². The van der Waals surface area contributed by atoms with Gasteiger partial charge in [0, 0.05) is 33.4 Å². The molecule has 0 atom stereocenters. The summed E-state index contributed by atoms with van der Waals surface area (Å²) in [5, 5.41) is 22.0. The highest BCUT2D eigenvalue weighted by Gasteiger charge is 2.19. The van der Waals surface area contributed by atoms with E-state index in [1.807, 2.05) is 84.9 Å². The first-order chi connectivity index (χ1) is 37.6. The Hall–Kier alpha value is -10.4. The van der Waals surface area contributed by atoms with Gasteiger partial charge >= 0.3 is 0 Å². The van der Waals surface area contributed by atoms with Crippen LogP contribution in [-0.4, -0.2) is 30.4 Å². The maximum atomic E-state index is 6.06. The Morgan fingerprint density at radius 3 is 0.842 bits per heavy atom. The lowest BCUT2D eigenvalue weighted by Gasteiger charge is -2.16. The Morgan fingerprint density at radius 1 is 0.211 bits per heavy atom. The van der Waals surface area contributed by atoms with E-state index in [0.717, 1.165) is 100 Å². The summed E-state index contributed by atoms with van der Waals surface area (Å²) in [7, 11) is 0. The molecule has 0 unspecified atom stereocenters. The summed E-state index contributed by atoms with van der Waals surface area (Å²) >= 11 is 0. The lowest BCUT2D eigenvalue weighted by atomic mass is 9.91. The number of fused-ring (bicyclic) bond motifs is 3. The summed E-state index contributed by atoms with van der Waals surface area (Å²) < 4.78 is 12.1. The van der Waals surface area contributed by atoms with Crippen LogP contribution in [0.25, 0.3) is 145 Å². The van der Waals surface area contributed by atoms with Crippen LogP contribution in [0.2, 0.25) is 0 Å². The zero-order chi connectivity index (χ0) is 50.4. The summed E-state index contributed by atoms with van der Waals surface area (Å²) in [4.78, 5) is 11.1. The second kappa shape index (κ2) is 18.9. The van der Waals surface area contributed by atoms with Crippen molar-refractivity contribution in [2.24, 2.45) is 0 Å². The summed E-state index contributed by atoms with van der Waals surface area (Å²) in [6.07, 6.45) is 0. The van der Waals surface area contributed by atoms with Crippen LogP contribution in [0.15, 0.2) is 264 Å². The summed E-state index contributed by atoms with van der Waals surface area (Å²) in [5.74, 6) is 1.92. The van der Waals surface area contributed by atoms with Crippen molar-refractivity contribution in [3.63, 3.8) is 0 Å². The number of nitrogens with zero attached hydrogens (tertiary/aromatic N) is 6. The zero-order valence-electron chi connectivity index (χ0n) is 40.7. The van der Waals surface area contributed by atoms with E-state index in [-0.39, 0.29) is 0 Å². The lowest BCUT2D eigenvalue weighted by molar-refractivity contribution is 0.584. The van der Waals surface area contributed by atoms with E-state index < -0.39 is 0 Å². The van der Waals surface area contributed by atoms with Crippen molar-refractivity contribution in [2.75, 3.05) is 0 Å². The molecule has 0 aliphatic rings. The van der Waals surface area contributed by atoms with Crippen molar-refractivity contribution in [2.45, 2.75) is 0 Å². The van der Waals surface area contributed by atoms with Gasteiger partial charge in [-0.2, -0.15) is 0 Å². The first-order valence-electron chi connectivity index (χ1n) is 25.1. The number of aromatic nitrogens is 6. The van der Waals surface area contributed by atoms with Gasteiger partial charge in [-0.15, -0.1) is 20.4 Å². The molecule has 0 bridgehead atoms. The molecule has 14 aromatic rings. The molecule has 11 aromatic carbocycles. The van der Waals surface area contributed by atoms with Gasteiger partial charge in [-0.3, -0.25) is 0 Å². The average Bonchev–Trinajstić information content (AvgIpc) is 4.25. The maximum absolute atomic E-state index is 6.06. The molecule has 0 radical (unpaired) electrons. The van der Waals surface area contributed by atoms with Crippen LogP contribution in [0.1, 0.15) is 0 Å². The molecular formula is C68H42N6O2. The third-order valence-corrected chi connectivity index (χ3v) is 14.1. The molecule has 0 aliphatic heterocycles. The van der Waals surface area contributed by atoms with Gasteiger partial charge in [0.25, 0.3) is 0 Å². The number of hydrogen-bond acceptors (Lipinski definition) is 8. The molecule has 0 N–H and O–H groups in total. The van der Waals surface area contributed by atoms with Gasteiger partial charge in [0.1, 0.15) is 0 Å². The summed E-state index contributed by atoms with van der Waals surface area (Å²) in [6, 6.07) is 88.0. The second-order valence-electron chi connectivity index (χ2n) is 18.8. The van der Waals surface area contributed by atoms with Crippen LogP contribution < -0.4 is 0 Å². The molecule has 0 amide bonds. The van der Waals surface area contributed by atoms with E-state index in [1.165, 1.54) is 21.5 Å². The zero-order valence-corrected chi connectivity index (χ0v) is 40.7. The van der Waals surface area contributed by atoms with Gasteiger partial charge in [-0.05, 0) is 139 Å². The number of hydrogen-bond donors (Lipinski definition) is 0. The molecule has 8 nitrogen and oxygen atoms in total. The maximum Gasteiger partial charge on any atom is 0.248 e. The highest BCUT2D eigenvalue weighted by molar-refractivity contribution is 6.00. The van der Waals surface area contributed by atoms with Crippen LogP contribution in [0.3, 0.4) is 0 Å². The van der Waals surface area contributed by atoms with E-state index in [0.29, 0.717) is 23.6 Å². The highest BCUT2D eigenvalue weighted by Crippen LogP contribution is 2.41. The Morgan fingerprint density at radius 2 is 0.487 bits per heavy atom. The predicted octanol–water partition coefficient (Wildman–Crippen LogP) is 17.4. The van der Waals surface area contributed by atoms with Crippen molar-refractivity contribution < 1.29 is 8.83 Å². The van der Waals surface area contributed by atoms with Gasteiger partial charge in [0.05, 0.1) is 22.4 Å². The van der Waals surface area contributed by atoms with Gasteiger partial charge in [-0.1, -0.05) is 182 Å².